The monoisotopic (exact) mass is 445 g/mol. The number of hydrogen-bond acceptors (Lipinski definition) is 5. The van der Waals surface area contributed by atoms with Gasteiger partial charge in [0.25, 0.3) is 0 Å². The number of thiophene rings is 1. The lowest BCUT2D eigenvalue weighted by Gasteiger charge is -2.09. The second-order valence-corrected chi connectivity index (χ2v) is 8.24. The molecule has 8 heteroatoms. The first kappa shape index (κ1) is 19.2. The van der Waals surface area contributed by atoms with E-state index in [0.29, 0.717) is 21.2 Å². The fraction of sp³-hybridized carbons (Fsp3) is 0. The van der Waals surface area contributed by atoms with Gasteiger partial charge in [-0.2, -0.15) is 5.10 Å². The van der Waals surface area contributed by atoms with E-state index in [-0.39, 0.29) is 0 Å². The van der Waals surface area contributed by atoms with E-state index < -0.39 is 5.97 Å². The van der Waals surface area contributed by atoms with Crippen LogP contribution in [0.1, 0.15) is 9.67 Å². The molecule has 31 heavy (non-hydrogen) atoms. The van der Waals surface area contributed by atoms with Crippen molar-refractivity contribution in [1.82, 2.24) is 14.8 Å². The molecule has 3 aromatic carbocycles. The number of carboxylic acids is 1. The van der Waals surface area contributed by atoms with E-state index >= 15 is 0 Å². The molecule has 0 saturated heterocycles. The standard InChI is InChI=1S/C23H15N3O3S2/c27-22(28)20-12-14-9-10-16(13-19(14)31-20)26-21(24-25-23(26)30)15-5-4-8-18(11-15)29-17-6-2-1-3-7-17/h1-13H,(H,25,30)(H,27,28). The van der Waals surface area contributed by atoms with Crippen molar-refractivity contribution in [3.63, 3.8) is 0 Å². The van der Waals surface area contributed by atoms with Crippen LogP contribution in [-0.4, -0.2) is 25.8 Å². The molecule has 0 unspecified atom stereocenters. The number of para-hydroxylation sites is 1. The Morgan fingerprint density at radius 3 is 2.61 bits per heavy atom. The molecule has 0 bridgehead atoms. The number of nitrogens with zero attached hydrogens (tertiary/aromatic N) is 2. The maximum absolute atomic E-state index is 11.3. The maximum Gasteiger partial charge on any atom is 0.345 e. The van der Waals surface area contributed by atoms with Gasteiger partial charge in [0.15, 0.2) is 10.6 Å². The number of carboxylic acid groups (broad SMARTS) is 1. The fourth-order valence-corrected chi connectivity index (χ4v) is 4.49. The Balaban J connectivity index is 1.56. The van der Waals surface area contributed by atoms with Gasteiger partial charge in [-0.25, -0.2) is 4.79 Å². The smallest absolute Gasteiger partial charge is 0.345 e. The number of aromatic amines is 1. The molecule has 5 aromatic rings. The molecule has 0 aliphatic heterocycles. The van der Waals surface area contributed by atoms with E-state index in [1.165, 1.54) is 11.3 Å². The van der Waals surface area contributed by atoms with Gasteiger partial charge in [0.2, 0.25) is 0 Å². The predicted octanol–water partition coefficient (Wildman–Crippen LogP) is 6.30. The number of ether oxygens (including phenoxy) is 1. The van der Waals surface area contributed by atoms with E-state index in [0.717, 1.165) is 27.1 Å². The Hall–Kier alpha value is -3.75. The highest BCUT2D eigenvalue weighted by atomic mass is 32.1. The van der Waals surface area contributed by atoms with E-state index in [1.54, 1.807) is 6.07 Å². The van der Waals surface area contributed by atoms with Crippen LogP contribution in [0.25, 0.3) is 27.2 Å². The highest BCUT2D eigenvalue weighted by molar-refractivity contribution is 7.71. The van der Waals surface area contributed by atoms with E-state index in [9.17, 15) is 9.90 Å². The topological polar surface area (TPSA) is 80.1 Å². The third-order valence-corrected chi connectivity index (χ3v) is 6.08. The Bertz CT molecular complexity index is 1470. The average Bonchev–Trinajstić information content (AvgIpc) is 3.38. The van der Waals surface area contributed by atoms with Gasteiger partial charge in [-0.05, 0) is 60.1 Å². The van der Waals surface area contributed by atoms with Gasteiger partial charge < -0.3 is 9.84 Å². The summed E-state index contributed by atoms with van der Waals surface area (Å²) in [6.45, 7) is 0. The normalized spacial score (nSPS) is 11.0. The summed E-state index contributed by atoms with van der Waals surface area (Å²) < 4.78 is 9.09. The summed E-state index contributed by atoms with van der Waals surface area (Å²) in [4.78, 5) is 11.6. The second kappa shape index (κ2) is 7.82. The lowest BCUT2D eigenvalue weighted by Crippen LogP contribution is -1.97. The quantitative estimate of drug-likeness (QED) is 0.310. The fourth-order valence-electron chi connectivity index (χ4n) is 3.32. The molecule has 152 valence electrons. The molecular weight excluding hydrogens is 430 g/mol. The van der Waals surface area contributed by atoms with Gasteiger partial charge in [0.05, 0.1) is 5.69 Å². The van der Waals surface area contributed by atoms with Gasteiger partial charge in [-0.3, -0.25) is 9.67 Å². The lowest BCUT2D eigenvalue weighted by molar-refractivity contribution is 0.0702. The number of aromatic nitrogens is 3. The Kier molecular flexibility index (Phi) is 4.85. The minimum absolute atomic E-state index is 0.300. The number of carbonyl (C=O) groups is 1. The summed E-state index contributed by atoms with van der Waals surface area (Å²) in [5.41, 5.74) is 1.63. The molecule has 0 spiro atoms. The van der Waals surface area contributed by atoms with Crippen LogP contribution >= 0.6 is 23.6 Å². The molecule has 0 fully saturated rings. The van der Waals surface area contributed by atoms with Crippen molar-refractivity contribution in [3.8, 4) is 28.6 Å². The Morgan fingerprint density at radius 2 is 1.81 bits per heavy atom. The Morgan fingerprint density at radius 1 is 1.00 bits per heavy atom. The lowest BCUT2D eigenvalue weighted by atomic mass is 10.2. The van der Waals surface area contributed by atoms with Crippen molar-refractivity contribution in [2.75, 3.05) is 0 Å². The number of rotatable bonds is 5. The summed E-state index contributed by atoms with van der Waals surface area (Å²) in [6, 6.07) is 24.6. The maximum atomic E-state index is 11.3. The first-order valence-electron chi connectivity index (χ1n) is 9.36. The van der Waals surface area contributed by atoms with Crippen LogP contribution in [-0.2, 0) is 0 Å². The van der Waals surface area contributed by atoms with Crippen molar-refractivity contribution >= 4 is 39.6 Å². The number of H-pyrrole nitrogens is 1. The second-order valence-electron chi connectivity index (χ2n) is 6.77. The summed E-state index contributed by atoms with van der Waals surface area (Å²) in [6.07, 6.45) is 0. The number of benzene rings is 3. The number of fused-ring (bicyclic) bond motifs is 1. The highest BCUT2D eigenvalue weighted by Gasteiger charge is 2.14. The first-order valence-corrected chi connectivity index (χ1v) is 10.6. The molecule has 6 nitrogen and oxygen atoms in total. The van der Waals surface area contributed by atoms with Gasteiger partial charge in [0, 0.05) is 10.3 Å². The predicted molar refractivity (Wildman–Crippen MR) is 123 cm³/mol. The molecule has 5 rings (SSSR count). The van der Waals surface area contributed by atoms with Crippen molar-refractivity contribution in [2.24, 2.45) is 0 Å². The SMILES string of the molecule is O=C(O)c1cc2ccc(-n3c(-c4cccc(Oc5ccccc5)c4)n[nH]c3=S)cc2s1. The minimum atomic E-state index is -0.932. The average molecular weight is 446 g/mol. The van der Waals surface area contributed by atoms with Crippen LogP contribution < -0.4 is 4.74 Å². The van der Waals surface area contributed by atoms with Crippen LogP contribution in [0.15, 0.2) is 78.9 Å². The molecule has 0 radical (unpaired) electrons. The largest absolute Gasteiger partial charge is 0.477 e. The van der Waals surface area contributed by atoms with Gasteiger partial charge in [-0.15, -0.1) is 11.3 Å². The van der Waals surface area contributed by atoms with Crippen LogP contribution in [0, 0.1) is 4.77 Å². The molecule has 0 saturated carbocycles. The van der Waals surface area contributed by atoms with Crippen LogP contribution in [0.4, 0.5) is 0 Å². The van der Waals surface area contributed by atoms with Crippen molar-refractivity contribution in [3.05, 3.63) is 88.5 Å². The van der Waals surface area contributed by atoms with Gasteiger partial charge in [0.1, 0.15) is 16.4 Å². The zero-order valence-corrected chi connectivity index (χ0v) is 17.6. The molecule has 2 aromatic heterocycles. The van der Waals surface area contributed by atoms with Crippen LogP contribution in [0.2, 0.25) is 0 Å². The third kappa shape index (κ3) is 3.74. The van der Waals surface area contributed by atoms with Crippen molar-refractivity contribution in [1.29, 1.82) is 0 Å². The van der Waals surface area contributed by atoms with Crippen LogP contribution in [0.3, 0.4) is 0 Å². The van der Waals surface area contributed by atoms with Gasteiger partial charge >= 0.3 is 5.97 Å². The summed E-state index contributed by atoms with van der Waals surface area (Å²) >= 11 is 6.72. The zero-order valence-electron chi connectivity index (χ0n) is 16.0. The number of hydrogen-bond donors (Lipinski definition) is 2. The number of nitrogens with one attached hydrogen (secondary N) is 1. The summed E-state index contributed by atoms with van der Waals surface area (Å²) in [5, 5.41) is 17.4. The van der Waals surface area contributed by atoms with Crippen LogP contribution in [0.5, 0.6) is 11.5 Å². The molecule has 0 aliphatic rings. The zero-order chi connectivity index (χ0) is 21.4. The van der Waals surface area contributed by atoms with Crippen molar-refractivity contribution < 1.29 is 14.6 Å². The molecular formula is C23H15N3O3S2. The number of aromatic carboxylic acids is 1. The summed E-state index contributed by atoms with van der Waals surface area (Å²) in [7, 11) is 0. The molecule has 0 atom stereocenters. The molecule has 2 heterocycles. The molecule has 0 aliphatic carbocycles. The van der Waals surface area contributed by atoms with Crippen molar-refractivity contribution in [2.45, 2.75) is 0 Å². The first-order chi connectivity index (χ1) is 15.1. The Labute approximate surface area is 186 Å². The summed E-state index contributed by atoms with van der Waals surface area (Å²) in [5.74, 6) is 1.14. The van der Waals surface area contributed by atoms with Gasteiger partial charge in [-0.1, -0.05) is 36.4 Å². The minimum Gasteiger partial charge on any atom is -0.477 e. The van der Waals surface area contributed by atoms with E-state index in [4.69, 9.17) is 17.0 Å². The highest BCUT2D eigenvalue weighted by Crippen LogP contribution is 2.31. The van der Waals surface area contributed by atoms with E-state index in [2.05, 4.69) is 10.2 Å². The molecule has 2 N–H and O–H groups in total. The third-order valence-electron chi connectivity index (χ3n) is 4.72. The van der Waals surface area contributed by atoms with E-state index in [1.807, 2.05) is 77.4 Å². The molecule has 0 amide bonds.